The maximum absolute atomic E-state index is 12.7. The lowest BCUT2D eigenvalue weighted by atomic mass is 9.93. The second-order valence-electron chi connectivity index (χ2n) is 7.87. The summed E-state index contributed by atoms with van der Waals surface area (Å²) < 4.78 is 7.81. The number of hydrogen-bond acceptors (Lipinski definition) is 4. The summed E-state index contributed by atoms with van der Waals surface area (Å²) in [6, 6.07) is 9.77. The SMILES string of the molecule is Cc1c(C(=O)NC(C)(C)C#N)oc2c1-c1nn(Cc3ccc(Cl)cc3)cc1CC2. The minimum absolute atomic E-state index is 0.249. The van der Waals surface area contributed by atoms with Crippen molar-refractivity contribution in [2.45, 2.75) is 45.7 Å². The van der Waals surface area contributed by atoms with Crippen LogP contribution in [0, 0.1) is 18.3 Å². The van der Waals surface area contributed by atoms with Crippen LogP contribution in [-0.2, 0) is 19.4 Å². The summed E-state index contributed by atoms with van der Waals surface area (Å²) in [5.74, 6) is 0.635. The van der Waals surface area contributed by atoms with Crippen molar-refractivity contribution in [3.05, 3.63) is 63.7 Å². The summed E-state index contributed by atoms with van der Waals surface area (Å²) in [6.45, 7) is 5.81. The number of rotatable bonds is 4. The molecular formula is C22H21ClN4O2. The fourth-order valence-corrected chi connectivity index (χ4v) is 3.73. The first-order chi connectivity index (χ1) is 13.8. The fourth-order valence-electron chi connectivity index (χ4n) is 3.61. The van der Waals surface area contributed by atoms with E-state index in [2.05, 4.69) is 17.6 Å². The molecule has 0 saturated carbocycles. The third-order valence-corrected chi connectivity index (χ3v) is 5.34. The van der Waals surface area contributed by atoms with Gasteiger partial charge in [-0.05, 0) is 50.5 Å². The van der Waals surface area contributed by atoms with Crippen LogP contribution in [0.25, 0.3) is 11.3 Å². The Hall–Kier alpha value is -3.04. The van der Waals surface area contributed by atoms with E-state index in [-0.39, 0.29) is 11.7 Å². The zero-order chi connectivity index (χ0) is 20.8. The molecule has 1 aliphatic carbocycles. The van der Waals surface area contributed by atoms with Crippen molar-refractivity contribution >= 4 is 17.5 Å². The van der Waals surface area contributed by atoms with Gasteiger partial charge in [0, 0.05) is 28.8 Å². The third kappa shape index (κ3) is 3.66. The molecule has 0 atom stereocenters. The van der Waals surface area contributed by atoms with Gasteiger partial charge in [-0.3, -0.25) is 9.48 Å². The zero-order valence-electron chi connectivity index (χ0n) is 16.5. The van der Waals surface area contributed by atoms with Crippen molar-refractivity contribution in [1.29, 1.82) is 5.26 Å². The smallest absolute Gasteiger partial charge is 0.288 e. The number of carbonyl (C=O) groups excluding carboxylic acids is 1. The second-order valence-corrected chi connectivity index (χ2v) is 8.31. The predicted molar refractivity (Wildman–Crippen MR) is 110 cm³/mol. The number of nitrogens with zero attached hydrogens (tertiary/aromatic N) is 3. The minimum atomic E-state index is -0.970. The van der Waals surface area contributed by atoms with Crippen LogP contribution in [0.5, 0.6) is 0 Å². The van der Waals surface area contributed by atoms with Crippen LogP contribution in [0.15, 0.2) is 34.9 Å². The normalized spacial score (nSPS) is 12.8. The van der Waals surface area contributed by atoms with Crippen molar-refractivity contribution in [1.82, 2.24) is 15.1 Å². The second kappa shape index (κ2) is 7.09. The van der Waals surface area contributed by atoms with Gasteiger partial charge in [-0.2, -0.15) is 10.4 Å². The molecule has 2 heterocycles. The largest absolute Gasteiger partial charge is 0.455 e. The summed E-state index contributed by atoms with van der Waals surface area (Å²) in [5, 5.41) is 17.4. The van der Waals surface area contributed by atoms with Crippen LogP contribution in [0.4, 0.5) is 0 Å². The van der Waals surface area contributed by atoms with Crippen molar-refractivity contribution in [3.8, 4) is 17.3 Å². The Labute approximate surface area is 174 Å². The van der Waals surface area contributed by atoms with Crippen LogP contribution >= 0.6 is 11.6 Å². The number of benzene rings is 1. The van der Waals surface area contributed by atoms with Gasteiger partial charge in [-0.25, -0.2) is 0 Å². The molecule has 0 fully saturated rings. The summed E-state index contributed by atoms with van der Waals surface area (Å²) in [4.78, 5) is 12.7. The molecular weight excluding hydrogens is 388 g/mol. The molecule has 1 N–H and O–H groups in total. The predicted octanol–water partition coefficient (Wildman–Crippen LogP) is 4.28. The molecule has 0 radical (unpaired) electrons. The van der Waals surface area contributed by atoms with Gasteiger partial charge in [0.15, 0.2) is 5.76 Å². The molecule has 29 heavy (non-hydrogen) atoms. The highest BCUT2D eigenvalue weighted by Crippen LogP contribution is 2.38. The summed E-state index contributed by atoms with van der Waals surface area (Å²) >= 11 is 5.96. The van der Waals surface area contributed by atoms with Crippen LogP contribution < -0.4 is 5.32 Å². The van der Waals surface area contributed by atoms with Crippen molar-refractivity contribution in [2.75, 3.05) is 0 Å². The van der Waals surface area contributed by atoms with E-state index in [1.54, 1.807) is 13.8 Å². The Kier molecular flexibility index (Phi) is 4.71. The number of halogens is 1. The minimum Gasteiger partial charge on any atom is -0.455 e. The zero-order valence-corrected chi connectivity index (χ0v) is 17.3. The highest BCUT2D eigenvalue weighted by atomic mass is 35.5. The summed E-state index contributed by atoms with van der Waals surface area (Å²) in [6.07, 6.45) is 3.57. The Balaban J connectivity index is 1.65. The first kappa shape index (κ1) is 19.3. The number of fused-ring (bicyclic) bond motifs is 3. The van der Waals surface area contributed by atoms with E-state index in [1.165, 1.54) is 0 Å². The van der Waals surface area contributed by atoms with Gasteiger partial charge in [-0.15, -0.1) is 0 Å². The molecule has 0 spiro atoms. The summed E-state index contributed by atoms with van der Waals surface area (Å²) in [7, 11) is 0. The first-order valence-electron chi connectivity index (χ1n) is 9.44. The Bertz CT molecular complexity index is 1130. The highest BCUT2D eigenvalue weighted by Gasteiger charge is 2.31. The molecule has 1 amide bonds. The fraction of sp³-hybridized carbons (Fsp3) is 0.318. The van der Waals surface area contributed by atoms with Gasteiger partial charge >= 0.3 is 0 Å². The molecule has 148 valence electrons. The summed E-state index contributed by atoms with van der Waals surface area (Å²) in [5.41, 5.74) is 3.78. The standard InChI is InChI=1S/C22H21ClN4O2/c1-13-18-17(29-20(13)21(28)25-22(2,3)12-24)9-6-15-11-27(26-19(15)18)10-14-4-7-16(23)8-5-14/h4-5,7-8,11H,6,9-10H2,1-3H3,(H,25,28). The molecule has 2 aromatic heterocycles. The van der Waals surface area contributed by atoms with E-state index in [0.29, 0.717) is 18.0 Å². The maximum atomic E-state index is 12.7. The van der Waals surface area contributed by atoms with Gasteiger partial charge in [-0.1, -0.05) is 23.7 Å². The van der Waals surface area contributed by atoms with Crippen LogP contribution in [-0.4, -0.2) is 21.2 Å². The molecule has 3 aromatic rings. The Morgan fingerprint density at radius 1 is 1.34 bits per heavy atom. The van der Waals surface area contributed by atoms with Gasteiger partial charge in [0.05, 0.1) is 18.3 Å². The number of furan rings is 1. The van der Waals surface area contributed by atoms with Gasteiger partial charge in [0.25, 0.3) is 5.91 Å². The van der Waals surface area contributed by atoms with E-state index >= 15 is 0 Å². The number of aromatic nitrogens is 2. The topological polar surface area (TPSA) is 83.8 Å². The lowest BCUT2D eigenvalue weighted by Crippen LogP contribution is -2.42. The molecule has 4 rings (SSSR count). The lowest BCUT2D eigenvalue weighted by Gasteiger charge is -2.16. The van der Waals surface area contributed by atoms with Gasteiger partial charge < -0.3 is 9.73 Å². The van der Waals surface area contributed by atoms with Gasteiger partial charge in [0.2, 0.25) is 0 Å². The number of carbonyl (C=O) groups is 1. The number of nitriles is 1. The molecule has 1 aromatic carbocycles. The molecule has 0 saturated heterocycles. The molecule has 7 heteroatoms. The third-order valence-electron chi connectivity index (χ3n) is 5.08. The van der Waals surface area contributed by atoms with E-state index in [0.717, 1.165) is 40.1 Å². The maximum Gasteiger partial charge on any atom is 0.288 e. The van der Waals surface area contributed by atoms with Crippen LogP contribution in [0.2, 0.25) is 5.02 Å². The Morgan fingerprint density at radius 2 is 2.07 bits per heavy atom. The average Bonchev–Trinajstić information content (AvgIpc) is 3.23. The van der Waals surface area contributed by atoms with Crippen molar-refractivity contribution in [2.24, 2.45) is 0 Å². The Morgan fingerprint density at radius 3 is 2.76 bits per heavy atom. The molecule has 6 nitrogen and oxygen atoms in total. The highest BCUT2D eigenvalue weighted by molar-refractivity contribution is 6.30. The number of aryl methyl sites for hydroxylation is 2. The molecule has 1 aliphatic rings. The molecule has 0 unspecified atom stereocenters. The first-order valence-corrected chi connectivity index (χ1v) is 9.82. The number of amides is 1. The van der Waals surface area contributed by atoms with Gasteiger partial charge in [0.1, 0.15) is 11.3 Å². The monoisotopic (exact) mass is 408 g/mol. The van der Waals surface area contributed by atoms with E-state index in [1.807, 2.05) is 35.9 Å². The molecule has 0 aliphatic heterocycles. The van der Waals surface area contributed by atoms with Crippen LogP contribution in [0.3, 0.4) is 0 Å². The van der Waals surface area contributed by atoms with Crippen LogP contribution in [0.1, 0.15) is 46.9 Å². The number of hydrogen-bond donors (Lipinski definition) is 1. The molecule has 0 bridgehead atoms. The average molecular weight is 409 g/mol. The van der Waals surface area contributed by atoms with E-state index in [9.17, 15) is 10.1 Å². The van der Waals surface area contributed by atoms with Crippen molar-refractivity contribution in [3.63, 3.8) is 0 Å². The van der Waals surface area contributed by atoms with E-state index in [4.69, 9.17) is 21.1 Å². The lowest BCUT2D eigenvalue weighted by molar-refractivity contribution is 0.0898. The number of nitrogens with one attached hydrogen (secondary N) is 1. The van der Waals surface area contributed by atoms with E-state index < -0.39 is 5.54 Å². The van der Waals surface area contributed by atoms with Crippen molar-refractivity contribution < 1.29 is 9.21 Å². The quantitative estimate of drug-likeness (QED) is 0.698.